The van der Waals surface area contributed by atoms with Crippen LogP contribution in [0, 0.1) is 5.82 Å². The maximum Gasteiger partial charge on any atom is 0.145 e. The number of hydrogen-bond donors (Lipinski definition) is 0. The molecule has 8 rings (SSSR count). The number of fused-ring (bicyclic) bond motifs is 4. The van der Waals surface area contributed by atoms with Gasteiger partial charge in [-0.1, -0.05) is 88.4 Å². The largest absolute Gasteiger partial charge is 0.292 e. The molecule has 0 saturated carbocycles. The van der Waals surface area contributed by atoms with Gasteiger partial charge in [0.2, 0.25) is 0 Å². The summed E-state index contributed by atoms with van der Waals surface area (Å²) in [6, 6.07) is 44.0. The summed E-state index contributed by atoms with van der Waals surface area (Å²) in [7, 11) is 0. The molecule has 0 radical (unpaired) electrons. The van der Waals surface area contributed by atoms with Crippen LogP contribution < -0.4 is 0 Å². The highest BCUT2D eigenvalue weighted by molar-refractivity contribution is 7.25. The van der Waals surface area contributed by atoms with Crippen molar-refractivity contribution >= 4 is 42.5 Å². The lowest BCUT2D eigenvalue weighted by Gasteiger charge is -2.24. The highest BCUT2D eigenvalue weighted by atomic mass is 32.1. The van der Waals surface area contributed by atoms with E-state index in [0.717, 1.165) is 33.5 Å². The Labute approximate surface area is 278 Å². The van der Waals surface area contributed by atoms with Gasteiger partial charge >= 0.3 is 0 Å². The molecule has 2 heterocycles. The number of rotatable bonds is 6. The van der Waals surface area contributed by atoms with Crippen LogP contribution in [0.1, 0.15) is 50.7 Å². The lowest BCUT2D eigenvalue weighted by Crippen LogP contribution is -2.09. The molecule has 0 unspecified atom stereocenters. The first-order valence-corrected chi connectivity index (χ1v) is 17.1. The van der Waals surface area contributed by atoms with Crippen molar-refractivity contribution < 1.29 is 4.39 Å². The second-order valence-electron chi connectivity index (χ2n) is 13.0. The predicted octanol–water partition coefficient (Wildman–Crippen LogP) is 12.8. The lowest BCUT2D eigenvalue weighted by molar-refractivity contribution is 0.628. The Morgan fingerprint density at radius 2 is 1.11 bits per heavy atom. The maximum absolute atomic E-state index is 13.7. The average Bonchev–Trinajstić information content (AvgIpc) is 3.66. The second kappa shape index (κ2) is 11.6. The van der Waals surface area contributed by atoms with Gasteiger partial charge in [-0.2, -0.15) is 0 Å². The van der Waals surface area contributed by atoms with Crippen LogP contribution in [0.15, 0.2) is 127 Å². The number of thiophene rings is 1. The van der Waals surface area contributed by atoms with Crippen LogP contribution in [0.3, 0.4) is 0 Å². The molecule has 0 bridgehead atoms. The molecule has 8 aromatic rings. The molecule has 0 N–H and O–H groups in total. The monoisotopic (exact) mass is 630 g/mol. The first-order valence-electron chi connectivity index (χ1n) is 16.3. The van der Waals surface area contributed by atoms with Gasteiger partial charge in [-0.15, -0.1) is 11.3 Å². The number of para-hydroxylation sites is 2. The van der Waals surface area contributed by atoms with Crippen LogP contribution in [0.2, 0.25) is 0 Å². The van der Waals surface area contributed by atoms with Gasteiger partial charge in [-0.3, -0.25) is 4.57 Å². The van der Waals surface area contributed by atoms with E-state index < -0.39 is 0 Å². The van der Waals surface area contributed by atoms with Gasteiger partial charge in [-0.05, 0) is 112 Å². The summed E-state index contributed by atoms with van der Waals surface area (Å²) in [5.74, 6) is 1.32. The number of imidazole rings is 1. The van der Waals surface area contributed by atoms with Crippen molar-refractivity contribution in [3.63, 3.8) is 0 Å². The van der Waals surface area contributed by atoms with E-state index >= 15 is 0 Å². The number of hydrogen-bond acceptors (Lipinski definition) is 2. The zero-order valence-electron chi connectivity index (χ0n) is 27.0. The quantitative estimate of drug-likeness (QED) is 0.179. The van der Waals surface area contributed by atoms with E-state index in [1.165, 1.54) is 60.2 Å². The Balaban J connectivity index is 1.38. The van der Waals surface area contributed by atoms with E-state index in [2.05, 4.69) is 135 Å². The van der Waals surface area contributed by atoms with Crippen molar-refractivity contribution in [2.45, 2.75) is 39.5 Å². The summed E-state index contributed by atoms with van der Waals surface area (Å²) in [6.45, 7) is 9.16. The minimum absolute atomic E-state index is 0.223. The van der Waals surface area contributed by atoms with Gasteiger partial charge in [0.15, 0.2) is 0 Å². The SMILES string of the molecule is CC(C)c1cc(-c2ccccc2)cc(C(C)C)c1-n1c(-c2ccc3sc4ccc(-c5ccc(F)cc5)cc4c3c2)nc2ccccc21. The average molecular weight is 631 g/mol. The summed E-state index contributed by atoms with van der Waals surface area (Å²) < 4.78 is 18.6. The van der Waals surface area contributed by atoms with Gasteiger partial charge in [0.25, 0.3) is 0 Å². The molecule has 0 aliphatic carbocycles. The standard InChI is InChI=1S/C43H35FN2S/c1-26(2)34-24-32(28-10-6-5-7-11-28)25-35(27(3)4)42(34)46-39-13-9-8-12-38(39)45-43(46)31-17-21-41-37(23-31)36-22-30(16-20-40(36)47-41)29-14-18-33(44)19-15-29/h5-27H,1-4H3. The zero-order chi connectivity index (χ0) is 32.2. The molecule has 0 spiro atoms. The van der Waals surface area contributed by atoms with Crippen molar-refractivity contribution in [2.24, 2.45) is 0 Å². The number of halogens is 1. The van der Waals surface area contributed by atoms with Crippen LogP contribution in [-0.4, -0.2) is 9.55 Å². The van der Waals surface area contributed by atoms with Crippen LogP contribution >= 0.6 is 11.3 Å². The Morgan fingerprint density at radius 1 is 0.553 bits per heavy atom. The fourth-order valence-electron chi connectivity index (χ4n) is 6.80. The molecule has 0 aliphatic heterocycles. The normalized spacial score (nSPS) is 11.9. The van der Waals surface area contributed by atoms with Gasteiger partial charge in [0.1, 0.15) is 11.6 Å². The molecular weight excluding hydrogens is 596 g/mol. The summed E-state index contributed by atoms with van der Waals surface area (Å²) >= 11 is 1.80. The molecule has 0 atom stereocenters. The van der Waals surface area contributed by atoms with Gasteiger partial charge in [0, 0.05) is 25.7 Å². The molecular formula is C43H35FN2S. The van der Waals surface area contributed by atoms with E-state index in [0.29, 0.717) is 11.8 Å². The Kier molecular flexibility index (Phi) is 7.26. The molecule has 0 aliphatic rings. The zero-order valence-corrected chi connectivity index (χ0v) is 27.8. The topological polar surface area (TPSA) is 17.8 Å². The first-order chi connectivity index (χ1) is 22.9. The molecule has 0 fully saturated rings. The third-order valence-corrected chi connectivity index (χ3v) is 10.4. The van der Waals surface area contributed by atoms with Gasteiger partial charge < -0.3 is 0 Å². The molecule has 6 aromatic carbocycles. The number of nitrogens with zero attached hydrogens (tertiary/aromatic N) is 2. The lowest BCUT2D eigenvalue weighted by atomic mass is 9.88. The Hall–Kier alpha value is -5.06. The van der Waals surface area contributed by atoms with E-state index in [1.54, 1.807) is 11.3 Å². The van der Waals surface area contributed by atoms with E-state index in [1.807, 2.05) is 12.1 Å². The number of benzene rings is 6. The van der Waals surface area contributed by atoms with E-state index in [4.69, 9.17) is 4.98 Å². The van der Waals surface area contributed by atoms with Crippen molar-refractivity contribution in [1.29, 1.82) is 0 Å². The van der Waals surface area contributed by atoms with E-state index in [9.17, 15) is 4.39 Å². The summed E-state index contributed by atoms with van der Waals surface area (Å²) in [6.07, 6.45) is 0. The van der Waals surface area contributed by atoms with Crippen molar-refractivity contribution in [2.75, 3.05) is 0 Å². The van der Waals surface area contributed by atoms with Crippen molar-refractivity contribution in [1.82, 2.24) is 9.55 Å². The highest BCUT2D eigenvalue weighted by Crippen LogP contribution is 2.42. The molecule has 0 amide bonds. The minimum atomic E-state index is -0.223. The molecule has 230 valence electrons. The minimum Gasteiger partial charge on any atom is -0.292 e. The smallest absolute Gasteiger partial charge is 0.145 e. The molecule has 4 heteroatoms. The molecule has 47 heavy (non-hydrogen) atoms. The van der Waals surface area contributed by atoms with Crippen LogP contribution in [0.25, 0.3) is 70.5 Å². The highest BCUT2D eigenvalue weighted by Gasteiger charge is 2.24. The first kappa shape index (κ1) is 29.3. The predicted molar refractivity (Wildman–Crippen MR) is 198 cm³/mol. The fraction of sp³-hybridized carbons (Fsp3) is 0.140. The van der Waals surface area contributed by atoms with Crippen LogP contribution in [0.5, 0.6) is 0 Å². The Morgan fingerprint density at radius 3 is 1.77 bits per heavy atom. The summed E-state index contributed by atoms with van der Waals surface area (Å²) in [4.78, 5) is 5.32. The fourth-order valence-corrected chi connectivity index (χ4v) is 7.87. The van der Waals surface area contributed by atoms with Crippen LogP contribution in [0.4, 0.5) is 4.39 Å². The molecule has 0 saturated heterocycles. The summed E-state index contributed by atoms with van der Waals surface area (Å²) in [5.41, 5.74) is 11.6. The summed E-state index contributed by atoms with van der Waals surface area (Å²) in [5, 5.41) is 2.41. The Bertz CT molecular complexity index is 2380. The van der Waals surface area contributed by atoms with Crippen molar-refractivity contribution in [3.8, 4) is 39.3 Å². The van der Waals surface area contributed by atoms with E-state index in [-0.39, 0.29) is 5.82 Å². The maximum atomic E-state index is 13.7. The third-order valence-electron chi connectivity index (χ3n) is 9.21. The van der Waals surface area contributed by atoms with Crippen molar-refractivity contribution in [3.05, 3.63) is 144 Å². The third kappa shape index (κ3) is 5.14. The molecule has 2 aromatic heterocycles. The number of aromatic nitrogens is 2. The molecule has 2 nitrogen and oxygen atoms in total. The van der Waals surface area contributed by atoms with Gasteiger partial charge in [-0.25, -0.2) is 9.37 Å². The van der Waals surface area contributed by atoms with Gasteiger partial charge in [0.05, 0.1) is 16.7 Å². The van der Waals surface area contributed by atoms with Crippen LogP contribution in [-0.2, 0) is 0 Å². The second-order valence-corrected chi connectivity index (χ2v) is 14.1.